The van der Waals surface area contributed by atoms with Gasteiger partial charge in [-0.05, 0) is 79.1 Å². The van der Waals surface area contributed by atoms with Crippen LogP contribution in [-0.4, -0.2) is 26.6 Å². The van der Waals surface area contributed by atoms with Gasteiger partial charge in [0.1, 0.15) is 11.5 Å². The molecule has 0 saturated carbocycles. The molecule has 0 bridgehead atoms. The second-order valence-electron chi connectivity index (χ2n) is 9.59. The summed E-state index contributed by atoms with van der Waals surface area (Å²) in [6, 6.07) is 11.1. The molecular formula is C29H26F8O4. The lowest BCUT2D eigenvalue weighted by molar-refractivity contribution is -0.211. The van der Waals surface area contributed by atoms with Crippen molar-refractivity contribution in [1.29, 1.82) is 0 Å². The van der Waals surface area contributed by atoms with Crippen LogP contribution in [0.15, 0.2) is 60.7 Å². The van der Waals surface area contributed by atoms with Crippen molar-refractivity contribution in [3.05, 3.63) is 94.6 Å². The molecule has 1 aliphatic rings. The Bertz CT molecular complexity index is 1290. The SMILES string of the molecule is COc1ccc(OC[C@@H]2CCO[C@H](O[C@H](C)c3cc(C(F)(F)F)cc(C(F)(F)F)c3)[C@H]2c2ccc(F)c(F)c2)cc1. The van der Waals surface area contributed by atoms with Gasteiger partial charge in [-0.2, -0.15) is 26.3 Å². The maximum absolute atomic E-state index is 14.2. The van der Waals surface area contributed by atoms with E-state index in [1.54, 1.807) is 24.3 Å². The summed E-state index contributed by atoms with van der Waals surface area (Å²) in [6.07, 6.45) is -12.2. The van der Waals surface area contributed by atoms with Crippen molar-refractivity contribution in [2.45, 2.75) is 44.0 Å². The highest BCUT2D eigenvalue weighted by molar-refractivity contribution is 5.35. The quantitative estimate of drug-likeness (QED) is 0.247. The summed E-state index contributed by atoms with van der Waals surface area (Å²) in [6.45, 7) is 1.48. The molecule has 1 aliphatic heterocycles. The van der Waals surface area contributed by atoms with Crippen molar-refractivity contribution < 1.29 is 54.1 Å². The molecule has 4 rings (SSSR count). The van der Waals surface area contributed by atoms with E-state index in [2.05, 4.69) is 0 Å². The van der Waals surface area contributed by atoms with Crippen LogP contribution < -0.4 is 9.47 Å². The van der Waals surface area contributed by atoms with Crippen LogP contribution in [0.3, 0.4) is 0 Å². The fourth-order valence-electron chi connectivity index (χ4n) is 4.67. The first-order valence-corrected chi connectivity index (χ1v) is 12.5. The second-order valence-corrected chi connectivity index (χ2v) is 9.59. The van der Waals surface area contributed by atoms with Gasteiger partial charge in [0.05, 0.1) is 37.6 Å². The van der Waals surface area contributed by atoms with E-state index in [-0.39, 0.29) is 30.4 Å². The molecule has 0 radical (unpaired) electrons. The number of hydrogen-bond acceptors (Lipinski definition) is 4. The maximum atomic E-state index is 14.2. The topological polar surface area (TPSA) is 36.9 Å². The Hall–Kier alpha value is -3.38. The third-order valence-electron chi connectivity index (χ3n) is 6.84. The van der Waals surface area contributed by atoms with E-state index in [0.717, 1.165) is 12.1 Å². The van der Waals surface area contributed by atoms with Gasteiger partial charge < -0.3 is 18.9 Å². The minimum atomic E-state index is -5.03. The third kappa shape index (κ3) is 7.48. The lowest BCUT2D eigenvalue weighted by atomic mass is 9.82. The highest BCUT2D eigenvalue weighted by Crippen LogP contribution is 2.42. The summed E-state index contributed by atoms with van der Waals surface area (Å²) < 4.78 is 131. The Labute approximate surface area is 230 Å². The van der Waals surface area contributed by atoms with Gasteiger partial charge in [-0.1, -0.05) is 6.07 Å². The fraction of sp³-hybridized carbons (Fsp3) is 0.379. The number of hydrogen-bond donors (Lipinski definition) is 0. The third-order valence-corrected chi connectivity index (χ3v) is 6.84. The molecule has 1 fully saturated rings. The zero-order valence-electron chi connectivity index (χ0n) is 21.9. The van der Waals surface area contributed by atoms with Crippen molar-refractivity contribution in [2.24, 2.45) is 5.92 Å². The van der Waals surface area contributed by atoms with Crippen molar-refractivity contribution >= 4 is 0 Å². The summed E-state index contributed by atoms with van der Waals surface area (Å²) in [5, 5.41) is 0. The zero-order chi connectivity index (χ0) is 29.9. The summed E-state index contributed by atoms with van der Waals surface area (Å²) >= 11 is 0. The lowest BCUT2D eigenvalue weighted by Gasteiger charge is -2.39. The fourth-order valence-corrected chi connectivity index (χ4v) is 4.67. The van der Waals surface area contributed by atoms with Gasteiger partial charge >= 0.3 is 12.4 Å². The predicted molar refractivity (Wildman–Crippen MR) is 131 cm³/mol. The highest BCUT2D eigenvalue weighted by atomic mass is 19.4. The summed E-state index contributed by atoms with van der Waals surface area (Å²) in [7, 11) is 1.51. The van der Waals surface area contributed by atoms with E-state index in [9.17, 15) is 35.1 Å². The number of rotatable bonds is 8. The van der Waals surface area contributed by atoms with Gasteiger partial charge in [0, 0.05) is 11.8 Å². The number of methoxy groups -OCH3 is 1. The van der Waals surface area contributed by atoms with Gasteiger partial charge in [0.2, 0.25) is 0 Å². The summed E-state index contributed by atoms with van der Waals surface area (Å²) in [5.41, 5.74) is -3.07. The van der Waals surface area contributed by atoms with Gasteiger partial charge in [-0.15, -0.1) is 0 Å². The Morgan fingerprint density at radius 1 is 0.829 bits per heavy atom. The summed E-state index contributed by atoms with van der Waals surface area (Å²) in [5.74, 6) is -2.33. The smallest absolute Gasteiger partial charge is 0.416 e. The van der Waals surface area contributed by atoms with Crippen molar-refractivity contribution in [1.82, 2.24) is 0 Å². The van der Waals surface area contributed by atoms with Gasteiger partial charge in [-0.25, -0.2) is 8.78 Å². The van der Waals surface area contributed by atoms with Crippen LogP contribution in [0.25, 0.3) is 0 Å². The van der Waals surface area contributed by atoms with Crippen LogP contribution in [0, 0.1) is 17.6 Å². The van der Waals surface area contributed by atoms with E-state index >= 15 is 0 Å². The van der Waals surface area contributed by atoms with E-state index < -0.39 is 59.3 Å². The molecule has 222 valence electrons. The molecular weight excluding hydrogens is 564 g/mol. The summed E-state index contributed by atoms with van der Waals surface area (Å²) in [4.78, 5) is 0. The normalized spacial score (nSPS) is 20.5. The molecule has 1 saturated heterocycles. The van der Waals surface area contributed by atoms with E-state index in [0.29, 0.717) is 30.1 Å². The van der Waals surface area contributed by atoms with E-state index in [4.69, 9.17) is 18.9 Å². The molecule has 41 heavy (non-hydrogen) atoms. The molecule has 3 aromatic carbocycles. The van der Waals surface area contributed by atoms with E-state index in [1.165, 1.54) is 20.1 Å². The molecule has 4 nitrogen and oxygen atoms in total. The molecule has 12 heteroatoms. The van der Waals surface area contributed by atoms with Crippen LogP contribution >= 0.6 is 0 Å². The molecule has 0 aromatic heterocycles. The van der Waals surface area contributed by atoms with Gasteiger partial charge in [0.15, 0.2) is 17.9 Å². The first kappa shape index (κ1) is 30.6. The van der Waals surface area contributed by atoms with Gasteiger partial charge in [-0.3, -0.25) is 0 Å². The molecule has 1 heterocycles. The van der Waals surface area contributed by atoms with Crippen LogP contribution in [0.2, 0.25) is 0 Å². The Morgan fingerprint density at radius 3 is 2.00 bits per heavy atom. The molecule has 0 amide bonds. The average Bonchev–Trinajstić information content (AvgIpc) is 2.92. The van der Waals surface area contributed by atoms with Gasteiger partial charge in [0.25, 0.3) is 0 Å². The molecule has 0 unspecified atom stereocenters. The van der Waals surface area contributed by atoms with Crippen molar-refractivity contribution in [3.63, 3.8) is 0 Å². The number of halogens is 8. The van der Waals surface area contributed by atoms with Crippen LogP contribution in [0.1, 0.15) is 47.6 Å². The maximum Gasteiger partial charge on any atom is 0.416 e. The average molecular weight is 591 g/mol. The molecule has 0 spiro atoms. The second kappa shape index (κ2) is 12.2. The van der Waals surface area contributed by atoms with Crippen LogP contribution in [0.5, 0.6) is 11.5 Å². The monoisotopic (exact) mass is 590 g/mol. The minimum Gasteiger partial charge on any atom is -0.497 e. The predicted octanol–water partition coefficient (Wildman–Crippen LogP) is 8.31. The molecule has 0 aliphatic carbocycles. The van der Waals surface area contributed by atoms with E-state index in [1.807, 2.05) is 0 Å². The van der Waals surface area contributed by atoms with Crippen LogP contribution in [0.4, 0.5) is 35.1 Å². The standard InChI is InChI=1S/C29H26F8O4/c1-16(19-11-20(28(32,33)34)14-21(12-19)29(35,36)37)41-27-26(17-3-8-24(30)25(31)13-17)18(9-10-39-27)15-40-23-6-4-22(38-2)5-7-23/h3-8,11-14,16,18,26-27H,9-10,15H2,1-2H3/t16-,18+,26+,27-/m1/s1. The lowest BCUT2D eigenvalue weighted by Crippen LogP contribution is -2.39. The van der Waals surface area contributed by atoms with Crippen molar-refractivity contribution in [2.75, 3.05) is 20.3 Å². The Kier molecular flexibility index (Phi) is 9.13. The van der Waals surface area contributed by atoms with Crippen LogP contribution in [-0.2, 0) is 21.8 Å². The first-order valence-electron chi connectivity index (χ1n) is 12.5. The molecule has 3 aromatic rings. The number of alkyl halides is 6. The number of ether oxygens (including phenoxy) is 4. The highest BCUT2D eigenvalue weighted by Gasteiger charge is 2.40. The first-order chi connectivity index (χ1) is 19.3. The molecule has 0 N–H and O–H groups in total. The largest absolute Gasteiger partial charge is 0.497 e. The Morgan fingerprint density at radius 2 is 1.44 bits per heavy atom. The zero-order valence-corrected chi connectivity index (χ0v) is 21.9. The molecule has 4 atom stereocenters. The minimum absolute atomic E-state index is 0.0317. The van der Waals surface area contributed by atoms with Crippen molar-refractivity contribution in [3.8, 4) is 11.5 Å². The number of benzene rings is 3. The Balaban J connectivity index is 1.63.